The third-order valence-corrected chi connectivity index (χ3v) is 5.22. The average molecular weight is 390 g/mol. The Morgan fingerprint density at radius 3 is 2.76 bits per heavy atom. The van der Waals surface area contributed by atoms with Crippen LogP contribution in [-0.4, -0.2) is 46.7 Å². The van der Waals surface area contributed by atoms with Crippen molar-refractivity contribution in [1.82, 2.24) is 19.8 Å². The van der Waals surface area contributed by atoms with E-state index < -0.39 is 0 Å². The summed E-state index contributed by atoms with van der Waals surface area (Å²) in [5.41, 5.74) is 3.91. The predicted octanol–water partition coefficient (Wildman–Crippen LogP) is 2.94. The van der Waals surface area contributed by atoms with E-state index >= 15 is 0 Å². The van der Waals surface area contributed by atoms with E-state index in [4.69, 9.17) is 4.74 Å². The fraction of sp³-hybridized carbons (Fsp3) is 0.304. The van der Waals surface area contributed by atoms with Gasteiger partial charge < -0.3 is 14.6 Å². The van der Waals surface area contributed by atoms with Crippen molar-refractivity contribution in [3.63, 3.8) is 0 Å². The van der Waals surface area contributed by atoms with E-state index in [-0.39, 0.29) is 5.91 Å². The third kappa shape index (κ3) is 4.72. The minimum atomic E-state index is -0.0639. The summed E-state index contributed by atoms with van der Waals surface area (Å²) in [6.07, 6.45) is 3.72. The molecule has 2 heterocycles. The van der Waals surface area contributed by atoms with Crippen LogP contribution in [0.1, 0.15) is 27.3 Å². The first-order chi connectivity index (χ1) is 14.2. The van der Waals surface area contributed by atoms with Crippen LogP contribution < -0.4 is 5.32 Å². The Hall–Kier alpha value is -2.96. The third-order valence-electron chi connectivity index (χ3n) is 5.22. The fourth-order valence-corrected chi connectivity index (χ4v) is 3.63. The van der Waals surface area contributed by atoms with Gasteiger partial charge in [0.15, 0.2) is 0 Å². The summed E-state index contributed by atoms with van der Waals surface area (Å²) >= 11 is 0. The highest BCUT2D eigenvalue weighted by atomic mass is 16.5. The van der Waals surface area contributed by atoms with E-state index in [9.17, 15) is 4.79 Å². The molecule has 1 N–H and O–H groups in total. The van der Waals surface area contributed by atoms with E-state index in [1.807, 2.05) is 60.2 Å². The molecule has 6 nitrogen and oxygen atoms in total. The summed E-state index contributed by atoms with van der Waals surface area (Å²) in [5.74, 6) is 0.852. The number of benzene rings is 2. The van der Waals surface area contributed by atoms with E-state index in [0.717, 1.165) is 55.5 Å². The van der Waals surface area contributed by atoms with Crippen LogP contribution in [0, 0.1) is 6.92 Å². The van der Waals surface area contributed by atoms with Crippen molar-refractivity contribution >= 4 is 5.91 Å². The molecule has 150 valence electrons. The molecular formula is C23H26N4O2. The van der Waals surface area contributed by atoms with Crippen molar-refractivity contribution in [1.29, 1.82) is 0 Å². The van der Waals surface area contributed by atoms with Gasteiger partial charge in [-0.05, 0) is 36.2 Å². The lowest BCUT2D eigenvalue weighted by Crippen LogP contribution is -2.35. The molecule has 0 radical (unpaired) electrons. The zero-order valence-corrected chi connectivity index (χ0v) is 16.7. The number of para-hydroxylation sites is 1. The van der Waals surface area contributed by atoms with Crippen molar-refractivity contribution in [3.8, 4) is 5.69 Å². The Kier molecular flexibility index (Phi) is 6.03. The lowest BCUT2D eigenvalue weighted by molar-refractivity contribution is 0.0342. The van der Waals surface area contributed by atoms with Crippen LogP contribution >= 0.6 is 0 Å². The van der Waals surface area contributed by atoms with Crippen LogP contribution in [0.15, 0.2) is 60.9 Å². The van der Waals surface area contributed by atoms with Crippen LogP contribution in [0.3, 0.4) is 0 Å². The highest BCUT2D eigenvalue weighted by Gasteiger charge is 2.13. The second kappa shape index (κ2) is 9.03. The largest absolute Gasteiger partial charge is 0.379 e. The molecule has 0 aliphatic carbocycles. The number of imidazole rings is 1. The number of hydrogen-bond donors (Lipinski definition) is 1. The Balaban J connectivity index is 1.43. The van der Waals surface area contributed by atoms with Crippen molar-refractivity contribution < 1.29 is 9.53 Å². The molecule has 1 saturated heterocycles. The molecule has 1 amide bonds. The molecule has 0 spiro atoms. The van der Waals surface area contributed by atoms with Crippen molar-refractivity contribution in [2.24, 2.45) is 0 Å². The van der Waals surface area contributed by atoms with Crippen molar-refractivity contribution in [2.75, 3.05) is 26.3 Å². The van der Waals surface area contributed by atoms with Gasteiger partial charge in [0.05, 0.1) is 18.9 Å². The number of ether oxygens (including phenoxy) is 1. The number of nitrogens with one attached hydrogen (secondary N) is 1. The van der Waals surface area contributed by atoms with Gasteiger partial charge in [0.2, 0.25) is 0 Å². The second-order valence-corrected chi connectivity index (χ2v) is 7.24. The molecule has 0 saturated carbocycles. The number of morpholine rings is 1. The van der Waals surface area contributed by atoms with Gasteiger partial charge in [-0.1, -0.05) is 30.3 Å². The first-order valence-corrected chi connectivity index (χ1v) is 9.96. The summed E-state index contributed by atoms with van der Waals surface area (Å²) in [6.45, 7) is 6.68. The van der Waals surface area contributed by atoms with E-state index in [0.29, 0.717) is 12.1 Å². The Morgan fingerprint density at radius 1 is 1.14 bits per heavy atom. The molecule has 1 aromatic heterocycles. The number of nitrogens with zero attached hydrogens (tertiary/aromatic N) is 3. The molecule has 0 atom stereocenters. The topological polar surface area (TPSA) is 59.4 Å². The smallest absolute Gasteiger partial charge is 0.251 e. The highest BCUT2D eigenvalue weighted by Crippen LogP contribution is 2.16. The minimum Gasteiger partial charge on any atom is -0.379 e. The Labute approximate surface area is 171 Å². The summed E-state index contributed by atoms with van der Waals surface area (Å²) in [6, 6.07) is 15.9. The molecule has 0 unspecified atom stereocenters. The van der Waals surface area contributed by atoms with Crippen molar-refractivity contribution in [3.05, 3.63) is 83.4 Å². The fourth-order valence-electron chi connectivity index (χ4n) is 3.63. The number of aryl methyl sites for hydroxylation is 1. The van der Waals surface area contributed by atoms with E-state index in [2.05, 4.69) is 21.3 Å². The molecule has 2 aromatic carbocycles. The van der Waals surface area contributed by atoms with Gasteiger partial charge in [-0.3, -0.25) is 9.69 Å². The van der Waals surface area contributed by atoms with Crippen LogP contribution in [0.4, 0.5) is 0 Å². The summed E-state index contributed by atoms with van der Waals surface area (Å²) in [7, 11) is 0. The van der Waals surface area contributed by atoms with Crippen LogP contribution in [0.5, 0.6) is 0 Å². The molecule has 6 heteroatoms. The summed E-state index contributed by atoms with van der Waals surface area (Å²) < 4.78 is 7.44. The quantitative estimate of drug-likeness (QED) is 0.703. The number of hydrogen-bond acceptors (Lipinski definition) is 4. The zero-order valence-electron chi connectivity index (χ0n) is 16.7. The maximum Gasteiger partial charge on any atom is 0.251 e. The number of carbonyl (C=O) groups excluding carboxylic acids is 1. The maximum absolute atomic E-state index is 12.8. The van der Waals surface area contributed by atoms with Gasteiger partial charge >= 0.3 is 0 Å². The van der Waals surface area contributed by atoms with E-state index in [1.54, 1.807) is 6.20 Å². The summed E-state index contributed by atoms with van der Waals surface area (Å²) in [4.78, 5) is 19.4. The standard InChI is InChI=1S/C23H26N4O2/c1-18-24-9-10-27(18)22-8-3-2-6-21(22)16-25-23(28)20-7-4-5-19(15-20)17-26-11-13-29-14-12-26/h2-10,15H,11-14,16-17H2,1H3,(H,25,28). The van der Waals surface area contributed by atoms with Crippen LogP contribution in [-0.2, 0) is 17.8 Å². The number of rotatable bonds is 6. The molecule has 1 aliphatic heterocycles. The zero-order chi connectivity index (χ0) is 20.1. The monoisotopic (exact) mass is 390 g/mol. The highest BCUT2D eigenvalue weighted by molar-refractivity contribution is 5.94. The van der Waals surface area contributed by atoms with Crippen LogP contribution in [0.2, 0.25) is 0 Å². The van der Waals surface area contributed by atoms with Crippen LogP contribution in [0.25, 0.3) is 5.69 Å². The lowest BCUT2D eigenvalue weighted by Gasteiger charge is -2.26. The van der Waals surface area contributed by atoms with Gasteiger partial charge in [0, 0.05) is 44.1 Å². The first-order valence-electron chi connectivity index (χ1n) is 9.96. The Bertz CT molecular complexity index is 976. The van der Waals surface area contributed by atoms with Gasteiger partial charge in [-0.25, -0.2) is 4.98 Å². The molecule has 0 bridgehead atoms. The Morgan fingerprint density at radius 2 is 1.97 bits per heavy atom. The van der Waals surface area contributed by atoms with Gasteiger partial charge in [-0.2, -0.15) is 0 Å². The molecule has 29 heavy (non-hydrogen) atoms. The average Bonchev–Trinajstić information content (AvgIpc) is 3.19. The predicted molar refractivity (Wildman–Crippen MR) is 112 cm³/mol. The molecule has 1 aliphatic rings. The minimum absolute atomic E-state index is 0.0639. The SMILES string of the molecule is Cc1nccn1-c1ccccc1CNC(=O)c1cccc(CN2CCOCC2)c1. The van der Waals surface area contributed by atoms with Gasteiger partial charge in [0.25, 0.3) is 5.91 Å². The lowest BCUT2D eigenvalue weighted by atomic mass is 10.1. The molecule has 1 fully saturated rings. The summed E-state index contributed by atoms with van der Waals surface area (Å²) in [5, 5.41) is 3.06. The van der Waals surface area contributed by atoms with E-state index in [1.165, 1.54) is 0 Å². The first kappa shape index (κ1) is 19.4. The normalized spacial score (nSPS) is 14.7. The second-order valence-electron chi connectivity index (χ2n) is 7.24. The molecule has 4 rings (SSSR count). The van der Waals surface area contributed by atoms with Gasteiger partial charge in [-0.15, -0.1) is 0 Å². The van der Waals surface area contributed by atoms with Crippen molar-refractivity contribution in [2.45, 2.75) is 20.0 Å². The van der Waals surface area contributed by atoms with Gasteiger partial charge in [0.1, 0.15) is 5.82 Å². The molecular weight excluding hydrogens is 364 g/mol. The molecule has 3 aromatic rings. The number of amides is 1. The maximum atomic E-state index is 12.8. The number of aromatic nitrogens is 2. The number of carbonyl (C=O) groups is 1.